The zero-order valence-corrected chi connectivity index (χ0v) is 14.2. The van der Waals surface area contributed by atoms with E-state index >= 15 is 0 Å². The highest BCUT2D eigenvalue weighted by atomic mass is 35.5. The predicted octanol–water partition coefficient (Wildman–Crippen LogP) is 4.75. The molecule has 0 fully saturated rings. The normalized spacial score (nSPS) is 11.1. The van der Waals surface area contributed by atoms with Crippen LogP contribution in [0.25, 0.3) is 10.7 Å². The van der Waals surface area contributed by atoms with E-state index in [9.17, 15) is 18.0 Å². The Balaban J connectivity index is 1.88. The molecule has 0 spiro atoms. The molecule has 10 heteroatoms. The number of thiazole rings is 1. The van der Waals surface area contributed by atoms with Gasteiger partial charge >= 0.3 is 6.55 Å². The van der Waals surface area contributed by atoms with Gasteiger partial charge in [-0.1, -0.05) is 22.9 Å². The van der Waals surface area contributed by atoms with Crippen molar-refractivity contribution in [3.8, 4) is 10.7 Å². The first kappa shape index (κ1) is 17.4. The Morgan fingerprint density at radius 2 is 2.16 bits per heavy atom. The number of hydrogen-bond acceptors (Lipinski definition) is 4. The molecule has 2 heterocycles. The number of halogens is 4. The van der Waals surface area contributed by atoms with E-state index in [1.165, 1.54) is 12.3 Å². The summed E-state index contributed by atoms with van der Waals surface area (Å²) >= 11 is 6.85. The maximum Gasteiger partial charge on any atom is 0.320 e. The van der Waals surface area contributed by atoms with Crippen LogP contribution >= 0.6 is 22.9 Å². The van der Waals surface area contributed by atoms with Crippen molar-refractivity contribution in [3.63, 3.8) is 0 Å². The van der Waals surface area contributed by atoms with E-state index in [4.69, 9.17) is 11.6 Å². The highest BCUT2D eigenvalue weighted by Crippen LogP contribution is 2.33. The molecule has 0 aliphatic carbocycles. The Bertz CT molecular complexity index is 941. The molecular formula is C15H10ClF3N4OS. The fourth-order valence-electron chi connectivity index (χ4n) is 2.14. The molecule has 0 saturated carbocycles. The number of hydrogen-bond donors (Lipinski definition) is 1. The van der Waals surface area contributed by atoms with Crippen LogP contribution in [0, 0.1) is 12.7 Å². The molecule has 5 nitrogen and oxygen atoms in total. The Morgan fingerprint density at radius 1 is 1.40 bits per heavy atom. The molecule has 0 unspecified atom stereocenters. The summed E-state index contributed by atoms with van der Waals surface area (Å²) in [6.45, 7) is -1.12. The molecular weight excluding hydrogens is 377 g/mol. The predicted molar refractivity (Wildman–Crippen MR) is 88.7 cm³/mol. The van der Waals surface area contributed by atoms with Gasteiger partial charge in [-0.15, -0.1) is 0 Å². The Morgan fingerprint density at radius 3 is 2.84 bits per heavy atom. The minimum Gasteiger partial charge on any atom is -0.298 e. The van der Waals surface area contributed by atoms with E-state index < -0.39 is 18.3 Å². The summed E-state index contributed by atoms with van der Waals surface area (Å²) in [5.74, 6) is -1.08. The third-order valence-electron chi connectivity index (χ3n) is 3.27. The van der Waals surface area contributed by atoms with Crippen LogP contribution < -0.4 is 5.32 Å². The van der Waals surface area contributed by atoms with Gasteiger partial charge in [0.1, 0.15) is 5.82 Å². The summed E-state index contributed by atoms with van der Waals surface area (Å²) in [6, 6.07) is 3.38. The summed E-state index contributed by atoms with van der Waals surface area (Å²) in [5.41, 5.74) is 0.519. The molecule has 130 valence electrons. The van der Waals surface area contributed by atoms with Crippen molar-refractivity contribution in [2.24, 2.45) is 0 Å². The van der Waals surface area contributed by atoms with Crippen LogP contribution in [0.3, 0.4) is 0 Å². The second-order valence-corrected chi connectivity index (χ2v) is 6.35. The van der Waals surface area contributed by atoms with Crippen LogP contribution in [-0.4, -0.2) is 20.4 Å². The van der Waals surface area contributed by atoms with Gasteiger partial charge in [0, 0.05) is 12.4 Å². The molecule has 0 aliphatic rings. The van der Waals surface area contributed by atoms with Gasteiger partial charge in [0.2, 0.25) is 0 Å². The molecule has 0 atom stereocenters. The molecule has 0 saturated heterocycles. The van der Waals surface area contributed by atoms with Gasteiger partial charge in [-0.3, -0.25) is 14.7 Å². The lowest BCUT2D eigenvalue weighted by molar-refractivity contribution is 0.0720. The average molecular weight is 387 g/mol. The number of nitrogens with one attached hydrogen (secondary N) is 1. The van der Waals surface area contributed by atoms with Crippen LogP contribution in [-0.2, 0) is 0 Å². The smallest absolute Gasteiger partial charge is 0.298 e. The lowest BCUT2D eigenvalue weighted by atomic mass is 10.2. The van der Waals surface area contributed by atoms with Crippen molar-refractivity contribution in [1.82, 2.24) is 14.5 Å². The van der Waals surface area contributed by atoms with Gasteiger partial charge in [0.05, 0.1) is 21.2 Å². The third kappa shape index (κ3) is 3.52. The average Bonchev–Trinajstić information content (AvgIpc) is 3.13. The molecule has 1 N–H and O–H groups in total. The standard InChI is InChI=1S/C15H10ClF3N4OS/c1-7-11(12-20-4-5-23(12)14(18)19)25-15(21-7)22-13(24)9-3-2-8(17)6-10(9)16/h2-6,14H,1H3,(H,21,22,24). The highest BCUT2D eigenvalue weighted by Gasteiger charge is 2.20. The maximum absolute atomic E-state index is 13.1. The number of rotatable bonds is 4. The summed E-state index contributed by atoms with van der Waals surface area (Å²) in [4.78, 5) is 20.7. The quantitative estimate of drug-likeness (QED) is 0.703. The topological polar surface area (TPSA) is 59.8 Å². The second kappa shape index (κ2) is 6.85. The molecule has 2 aromatic heterocycles. The maximum atomic E-state index is 13.1. The number of benzene rings is 1. The SMILES string of the molecule is Cc1nc(NC(=O)c2ccc(F)cc2Cl)sc1-c1nccn1C(F)F. The number of aryl methyl sites for hydroxylation is 1. The monoisotopic (exact) mass is 386 g/mol. The molecule has 1 aromatic carbocycles. The summed E-state index contributed by atoms with van der Waals surface area (Å²) in [7, 11) is 0. The van der Waals surface area contributed by atoms with Crippen LogP contribution in [0.4, 0.5) is 18.3 Å². The Hall–Kier alpha value is -2.39. The molecule has 0 radical (unpaired) electrons. The number of amides is 1. The number of nitrogens with zero attached hydrogens (tertiary/aromatic N) is 3. The van der Waals surface area contributed by atoms with E-state index in [-0.39, 0.29) is 21.5 Å². The molecule has 3 rings (SSSR count). The third-order valence-corrected chi connectivity index (χ3v) is 4.66. The number of alkyl halides is 2. The lowest BCUT2D eigenvalue weighted by Crippen LogP contribution is -2.12. The minimum absolute atomic E-state index is 0.0424. The van der Waals surface area contributed by atoms with Crippen molar-refractivity contribution >= 4 is 34.0 Å². The lowest BCUT2D eigenvalue weighted by Gasteiger charge is -2.04. The van der Waals surface area contributed by atoms with E-state index in [0.29, 0.717) is 15.1 Å². The van der Waals surface area contributed by atoms with E-state index in [2.05, 4.69) is 15.3 Å². The number of carbonyl (C=O) groups is 1. The molecule has 25 heavy (non-hydrogen) atoms. The zero-order valence-electron chi connectivity index (χ0n) is 12.6. The first-order valence-electron chi connectivity index (χ1n) is 6.92. The van der Waals surface area contributed by atoms with Crippen molar-refractivity contribution in [2.45, 2.75) is 13.5 Å². The fraction of sp³-hybridized carbons (Fsp3) is 0.133. The van der Waals surface area contributed by atoms with Crippen LogP contribution in [0.1, 0.15) is 22.6 Å². The van der Waals surface area contributed by atoms with Gasteiger partial charge in [-0.2, -0.15) is 8.78 Å². The van der Waals surface area contributed by atoms with E-state index in [1.54, 1.807) is 6.92 Å². The summed E-state index contributed by atoms with van der Waals surface area (Å²) in [5, 5.41) is 2.68. The van der Waals surface area contributed by atoms with E-state index in [0.717, 1.165) is 29.7 Å². The van der Waals surface area contributed by atoms with Gasteiger partial charge in [-0.05, 0) is 25.1 Å². The summed E-state index contributed by atoms with van der Waals surface area (Å²) in [6.07, 6.45) is 2.42. The number of aromatic nitrogens is 3. The fourth-order valence-corrected chi connectivity index (χ4v) is 3.36. The van der Waals surface area contributed by atoms with Gasteiger partial charge in [0.25, 0.3) is 5.91 Å². The van der Waals surface area contributed by atoms with E-state index in [1.807, 2.05) is 0 Å². The van der Waals surface area contributed by atoms with Gasteiger partial charge in [0.15, 0.2) is 11.0 Å². The summed E-state index contributed by atoms with van der Waals surface area (Å²) < 4.78 is 39.7. The second-order valence-electron chi connectivity index (χ2n) is 4.95. The van der Waals surface area contributed by atoms with Crippen molar-refractivity contribution in [2.75, 3.05) is 5.32 Å². The van der Waals surface area contributed by atoms with Crippen molar-refractivity contribution < 1.29 is 18.0 Å². The number of anilines is 1. The van der Waals surface area contributed by atoms with Crippen molar-refractivity contribution in [3.05, 3.63) is 52.7 Å². The van der Waals surface area contributed by atoms with Crippen LogP contribution in [0.15, 0.2) is 30.6 Å². The Kier molecular flexibility index (Phi) is 4.78. The van der Waals surface area contributed by atoms with Crippen LogP contribution in [0.2, 0.25) is 5.02 Å². The van der Waals surface area contributed by atoms with Crippen LogP contribution in [0.5, 0.6) is 0 Å². The number of imidazole rings is 1. The first-order valence-corrected chi connectivity index (χ1v) is 8.11. The first-order chi connectivity index (χ1) is 11.9. The highest BCUT2D eigenvalue weighted by molar-refractivity contribution is 7.19. The molecule has 0 bridgehead atoms. The van der Waals surface area contributed by atoms with Crippen molar-refractivity contribution in [1.29, 1.82) is 0 Å². The Labute approximate surface area is 149 Å². The van der Waals surface area contributed by atoms with Gasteiger partial charge < -0.3 is 0 Å². The molecule has 1 amide bonds. The largest absolute Gasteiger partial charge is 0.320 e. The molecule has 3 aromatic rings. The molecule has 0 aliphatic heterocycles. The minimum atomic E-state index is -2.74. The number of carbonyl (C=O) groups excluding carboxylic acids is 1. The zero-order chi connectivity index (χ0) is 18.1. The van der Waals surface area contributed by atoms with Gasteiger partial charge in [-0.25, -0.2) is 14.4 Å².